The molecule has 1 amide bonds. The summed E-state index contributed by atoms with van der Waals surface area (Å²) in [7, 11) is 0. The highest BCUT2D eigenvalue weighted by atomic mass is 16.5. The van der Waals surface area contributed by atoms with Gasteiger partial charge in [0.05, 0.1) is 6.61 Å². The van der Waals surface area contributed by atoms with Gasteiger partial charge in [-0.15, -0.1) is 0 Å². The minimum absolute atomic E-state index is 0.0425. The Bertz CT molecular complexity index is 496. The maximum absolute atomic E-state index is 11.2. The van der Waals surface area contributed by atoms with Gasteiger partial charge in [-0.2, -0.15) is 0 Å². The molecule has 18 heavy (non-hydrogen) atoms. The van der Waals surface area contributed by atoms with Gasteiger partial charge in [-0.3, -0.25) is 4.79 Å². The summed E-state index contributed by atoms with van der Waals surface area (Å²) in [4.78, 5) is 11.2. The lowest BCUT2D eigenvalue weighted by molar-refractivity contribution is -0.121. The van der Waals surface area contributed by atoms with Crippen molar-refractivity contribution in [1.82, 2.24) is 0 Å². The molecule has 0 spiro atoms. The van der Waals surface area contributed by atoms with Gasteiger partial charge in [0.15, 0.2) is 0 Å². The second-order valence-electron chi connectivity index (χ2n) is 5.49. The number of aryl methyl sites for hydroxylation is 1. The summed E-state index contributed by atoms with van der Waals surface area (Å²) in [6.45, 7) is 2.73. The number of carbonyl (C=O) groups is 1. The molecule has 0 aromatic heterocycles. The van der Waals surface area contributed by atoms with Crippen molar-refractivity contribution < 1.29 is 9.53 Å². The van der Waals surface area contributed by atoms with Gasteiger partial charge in [0, 0.05) is 17.9 Å². The van der Waals surface area contributed by atoms with Crippen LogP contribution in [-0.4, -0.2) is 12.5 Å². The van der Waals surface area contributed by atoms with Crippen molar-refractivity contribution in [2.45, 2.75) is 38.5 Å². The van der Waals surface area contributed by atoms with E-state index in [1.165, 1.54) is 16.7 Å². The summed E-state index contributed by atoms with van der Waals surface area (Å²) < 4.78 is 5.63. The Morgan fingerprint density at radius 3 is 3.11 bits per heavy atom. The number of hydrogen-bond donors (Lipinski definition) is 1. The Labute approximate surface area is 107 Å². The lowest BCUT2D eigenvalue weighted by atomic mass is 9.87. The number of hydrogen-bond acceptors (Lipinski definition) is 2. The molecule has 2 N–H and O–H groups in total. The monoisotopic (exact) mass is 245 g/mol. The van der Waals surface area contributed by atoms with Crippen molar-refractivity contribution in [2.75, 3.05) is 6.61 Å². The molecule has 0 bridgehead atoms. The SMILES string of the molecule is CC(C[C@@H]1CCc2ccc3c(c21)CCO3)C(N)=O. The quantitative estimate of drug-likeness (QED) is 0.887. The fraction of sp³-hybridized carbons (Fsp3) is 0.533. The normalized spacial score (nSPS) is 22.2. The summed E-state index contributed by atoms with van der Waals surface area (Å²) in [5.41, 5.74) is 9.67. The van der Waals surface area contributed by atoms with Crippen molar-refractivity contribution in [3.05, 3.63) is 28.8 Å². The van der Waals surface area contributed by atoms with Crippen molar-refractivity contribution in [2.24, 2.45) is 11.7 Å². The lowest BCUT2D eigenvalue weighted by Gasteiger charge is -2.17. The first-order chi connectivity index (χ1) is 8.66. The van der Waals surface area contributed by atoms with Crippen LogP contribution in [0.25, 0.3) is 0 Å². The van der Waals surface area contributed by atoms with Crippen LogP contribution in [0.15, 0.2) is 12.1 Å². The van der Waals surface area contributed by atoms with Crippen LogP contribution < -0.4 is 10.5 Å². The minimum Gasteiger partial charge on any atom is -0.493 e. The number of benzene rings is 1. The van der Waals surface area contributed by atoms with Crippen LogP contribution in [0.4, 0.5) is 0 Å². The first-order valence-corrected chi connectivity index (χ1v) is 6.73. The molecule has 2 aliphatic rings. The second kappa shape index (κ2) is 4.30. The van der Waals surface area contributed by atoms with E-state index in [0.29, 0.717) is 5.92 Å². The molecule has 1 aromatic carbocycles. The van der Waals surface area contributed by atoms with Crippen molar-refractivity contribution in [1.29, 1.82) is 0 Å². The molecule has 0 saturated heterocycles. The standard InChI is InChI=1S/C15H19NO2/c1-9(15(16)17)8-11-3-2-10-4-5-13-12(14(10)11)6-7-18-13/h4-5,9,11H,2-3,6-8H2,1H3,(H2,16,17)/t9?,11-/m0/s1. The maximum Gasteiger partial charge on any atom is 0.220 e. The topological polar surface area (TPSA) is 52.3 Å². The molecule has 1 unspecified atom stereocenters. The second-order valence-corrected chi connectivity index (χ2v) is 5.49. The van der Waals surface area contributed by atoms with Gasteiger partial charge in [0.2, 0.25) is 5.91 Å². The number of primary amides is 1. The summed E-state index contributed by atoms with van der Waals surface area (Å²) in [5, 5.41) is 0. The van der Waals surface area contributed by atoms with E-state index in [2.05, 4.69) is 12.1 Å². The number of nitrogens with two attached hydrogens (primary N) is 1. The fourth-order valence-corrected chi connectivity index (χ4v) is 3.33. The van der Waals surface area contributed by atoms with Gasteiger partial charge in [-0.25, -0.2) is 0 Å². The van der Waals surface area contributed by atoms with E-state index in [0.717, 1.165) is 38.0 Å². The molecule has 1 aliphatic heterocycles. The Morgan fingerprint density at radius 2 is 2.33 bits per heavy atom. The van der Waals surface area contributed by atoms with Gasteiger partial charge in [-0.05, 0) is 42.4 Å². The molecule has 0 radical (unpaired) electrons. The summed E-state index contributed by atoms with van der Waals surface area (Å²) in [5.74, 6) is 1.30. The molecule has 0 saturated carbocycles. The Morgan fingerprint density at radius 1 is 1.50 bits per heavy atom. The zero-order valence-corrected chi connectivity index (χ0v) is 10.7. The fourth-order valence-electron chi connectivity index (χ4n) is 3.33. The first-order valence-electron chi connectivity index (χ1n) is 6.73. The molecule has 0 fully saturated rings. The predicted octanol–water partition coefficient (Wildman–Crippen LogP) is 2.16. The maximum atomic E-state index is 11.2. The van der Waals surface area contributed by atoms with Crippen LogP contribution in [0.1, 0.15) is 42.4 Å². The van der Waals surface area contributed by atoms with Crippen LogP contribution in [0.3, 0.4) is 0 Å². The molecule has 2 atom stereocenters. The van der Waals surface area contributed by atoms with E-state index < -0.39 is 0 Å². The molecule has 1 heterocycles. The molecule has 3 rings (SSSR count). The van der Waals surface area contributed by atoms with Crippen LogP contribution in [0.2, 0.25) is 0 Å². The van der Waals surface area contributed by atoms with E-state index in [1.807, 2.05) is 6.92 Å². The number of fused-ring (bicyclic) bond motifs is 3. The summed E-state index contributed by atoms with van der Waals surface area (Å²) in [6.07, 6.45) is 4.15. The van der Waals surface area contributed by atoms with Crippen molar-refractivity contribution in [3.8, 4) is 5.75 Å². The average Bonchev–Trinajstić information content (AvgIpc) is 2.94. The van der Waals surface area contributed by atoms with Gasteiger partial charge in [0.25, 0.3) is 0 Å². The molecule has 3 heteroatoms. The predicted molar refractivity (Wildman–Crippen MR) is 69.7 cm³/mol. The zero-order chi connectivity index (χ0) is 12.7. The van der Waals surface area contributed by atoms with E-state index >= 15 is 0 Å². The molecule has 1 aliphatic carbocycles. The molecular formula is C15H19NO2. The third-order valence-corrected chi connectivity index (χ3v) is 4.31. The van der Waals surface area contributed by atoms with Crippen molar-refractivity contribution in [3.63, 3.8) is 0 Å². The van der Waals surface area contributed by atoms with E-state index in [9.17, 15) is 4.79 Å². The highest BCUT2D eigenvalue weighted by Gasteiger charge is 2.30. The van der Waals surface area contributed by atoms with Crippen LogP contribution in [0, 0.1) is 5.92 Å². The molecule has 3 nitrogen and oxygen atoms in total. The van der Waals surface area contributed by atoms with Crippen molar-refractivity contribution >= 4 is 5.91 Å². The first kappa shape index (κ1) is 11.6. The van der Waals surface area contributed by atoms with E-state index in [1.54, 1.807) is 0 Å². The van der Waals surface area contributed by atoms with E-state index in [-0.39, 0.29) is 11.8 Å². The van der Waals surface area contributed by atoms with Gasteiger partial charge >= 0.3 is 0 Å². The zero-order valence-electron chi connectivity index (χ0n) is 10.7. The third-order valence-electron chi connectivity index (χ3n) is 4.31. The number of carbonyl (C=O) groups excluding carboxylic acids is 1. The minimum atomic E-state index is -0.188. The molecular weight excluding hydrogens is 226 g/mol. The number of ether oxygens (including phenoxy) is 1. The van der Waals surface area contributed by atoms with Crippen LogP contribution in [0.5, 0.6) is 5.75 Å². The van der Waals surface area contributed by atoms with Gasteiger partial charge < -0.3 is 10.5 Å². The number of amides is 1. The lowest BCUT2D eigenvalue weighted by Crippen LogP contribution is -2.22. The van der Waals surface area contributed by atoms with Gasteiger partial charge in [-0.1, -0.05) is 13.0 Å². The third kappa shape index (κ3) is 1.78. The average molecular weight is 245 g/mol. The molecule has 96 valence electrons. The van der Waals surface area contributed by atoms with E-state index in [4.69, 9.17) is 10.5 Å². The summed E-state index contributed by atoms with van der Waals surface area (Å²) >= 11 is 0. The highest BCUT2D eigenvalue weighted by Crippen LogP contribution is 2.44. The number of rotatable bonds is 3. The Kier molecular flexibility index (Phi) is 2.77. The summed E-state index contributed by atoms with van der Waals surface area (Å²) in [6, 6.07) is 4.29. The highest BCUT2D eigenvalue weighted by molar-refractivity contribution is 5.76. The largest absolute Gasteiger partial charge is 0.493 e. The Hall–Kier alpha value is -1.51. The molecule has 1 aromatic rings. The van der Waals surface area contributed by atoms with Crippen LogP contribution >= 0.6 is 0 Å². The van der Waals surface area contributed by atoms with Gasteiger partial charge in [0.1, 0.15) is 5.75 Å². The smallest absolute Gasteiger partial charge is 0.220 e. The Balaban J connectivity index is 1.91. The van der Waals surface area contributed by atoms with Crippen LogP contribution in [-0.2, 0) is 17.6 Å².